The van der Waals surface area contributed by atoms with E-state index < -0.39 is 0 Å². The van der Waals surface area contributed by atoms with Gasteiger partial charge in [-0.3, -0.25) is 10.2 Å². The first-order valence-electron chi connectivity index (χ1n) is 9.55. The van der Waals surface area contributed by atoms with E-state index in [1.54, 1.807) is 30.5 Å². The number of para-hydroxylation sites is 2. The van der Waals surface area contributed by atoms with Gasteiger partial charge in [0.1, 0.15) is 5.75 Å². The second-order valence-electron chi connectivity index (χ2n) is 7.35. The first-order valence-corrected chi connectivity index (χ1v) is 9.55. The number of nitrogens with zero attached hydrogens (tertiary/aromatic N) is 2. The first kappa shape index (κ1) is 18.7. The maximum Gasteiger partial charge on any atom is 0.203 e. The quantitative estimate of drug-likeness (QED) is 0.506. The number of nitrogens with one attached hydrogen (secondary N) is 1. The average molecular weight is 385 g/mol. The number of ketones is 1. The van der Waals surface area contributed by atoms with Crippen LogP contribution in [-0.2, 0) is 13.1 Å². The smallest absolute Gasteiger partial charge is 0.203 e. The SMILES string of the molecule is Cc1cc(C(=O)Cn2c(=N)n(Cc3ccccc3)c3ccccc32)cc(C)c1O. The second kappa shape index (κ2) is 7.43. The molecular formula is C24H23N3O2. The Hall–Kier alpha value is -3.60. The summed E-state index contributed by atoms with van der Waals surface area (Å²) < 4.78 is 3.67. The number of aryl methyl sites for hydroxylation is 2. The molecule has 1 heterocycles. The molecule has 2 N–H and O–H groups in total. The molecule has 5 heteroatoms. The van der Waals surface area contributed by atoms with Crippen molar-refractivity contribution in [1.82, 2.24) is 9.13 Å². The van der Waals surface area contributed by atoms with Gasteiger partial charge in [-0.05, 0) is 54.8 Å². The third-order valence-corrected chi connectivity index (χ3v) is 5.27. The van der Waals surface area contributed by atoms with Gasteiger partial charge in [0.05, 0.1) is 24.1 Å². The van der Waals surface area contributed by atoms with Crippen LogP contribution >= 0.6 is 0 Å². The second-order valence-corrected chi connectivity index (χ2v) is 7.35. The lowest BCUT2D eigenvalue weighted by Crippen LogP contribution is -2.27. The predicted octanol–water partition coefficient (Wildman–Crippen LogP) is 4.18. The Labute approximate surface area is 169 Å². The molecule has 0 aliphatic rings. The van der Waals surface area contributed by atoms with E-state index in [0.717, 1.165) is 16.6 Å². The largest absolute Gasteiger partial charge is 0.507 e. The molecule has 29 heavy (non-hydrogen) atoms. The number of imidazole rings is 1. The minimum Gasteiger partial charge on any atom is -0.507 e. The van der Waals surface area contributed by atoms with Crippen LogP contribution in [0, 0.1) is 19.3 Å². The Balaban J connectivity index is 1.76. The van der Waals surface area contributed by atoms with Crippen LogP contribution < -0.4 is 5.62 Å². The zero-order valence-electron chi connectivity index (χ0n) is 16.5. The molecule has 4 rings (SSSR count). The van der Waals surface area contributed by atoms with Gasteiger partial charge in [0.25, 0.3) is 0 Å². The van der Waals surface area contributed by atoms with Gasteiger partial charge in [0.15, 0.2) is 5.78 Å². The van der Waals surface area contributed by atoms with Crippen molar-refractivity contribution in [3.05, 3.63) is 94.6 Å². The minimum absolute atomic E-state index is 0.0742. The molecule has 4 aromatic rings. The Morgan fingerprint density at radius 2 is 1.45 bits per heavy atom. The fraction of sp³-hybridized carbons (Fsp3) is 0.167. The summed E-state index contributed by atoms with van der Waals surface area (Å²) in [7, 11) is 0. The van der Waals surface area contributed by atoms with Crippen molar-refractivity contribution < 1.29 is 9.90 Å². The van der Waals surface area contributed by atoms with Gasteiger partial charge in [-0.15, -0.1) is 0 Å². The fourth-order valence-corrected chi connectivity index (χ4v) is 3.73. The minimum atomic E-state index is -0.0858. The summed E-state index contributed by atoms with van der Waals surface area (Å²) in [4.78, 5) is 13.0. The third kappa shape index (κ3) is 3.47. The van der Waals surface area contributed by atoms with Gasteiger partial charge in [-0.2, -0.15) is 0 Å². The highest BCUT2D eigenvalue weighted by molar-refractivity contribution is 5.97. The lowest BCUT2D eigenvalue weighted by molar-refractivity contribution is 0.0971. The van der Waals surface area contributed by atoms with Crippen molar-refractivity contribution in [2.75, 3.05) is 0 Å². The molecular weight excluding hydrogens is 362 g/mol. The number of benzene rings is 3. The molecule has 1 aromatic heterocycles. The Morgan fingerprint density at radius 1 is 0.897 bits per heavy atom. The van der Waals surface area contributed by atoms with Crippen molar-refractivity contribution in [1.29, 1.82) is 5.41 Å². The summed E-state index contributed by atoms with van der Waals surface area (Å²) >= 11 is 0. The monoisotopic (exact) mass is 385 g/mol. The summed E-state index contributed by atoms with van der Waals surface area (Å²) in [5.74, 6) is 0.132. The molecule has 0 spiro atoms. The van der Waals surface area contributed by atoms with E-state index in [0.29, 0.717) is 23.2 Å². The molecule has 0 radical (unpaired) electrons. The first-order chi connectivity index (χ1) is 14.0. The molecule has 0 amide bonds. The number of hydrogen-bond acceptors (Lipinski definition) is 3. The average Bonchev–Trinajstić information content (AvgIpc) is 2.98. The Kier molecular flexibility index (Phi) is 4.80. The van der Waals surface area contributed by atoms with E-state index >= 15 is 0 Å². The molecule has 0 saturated carbocycles. The number of phenols is 1. The Bertz CT molecular complexity index is 1240. The summed E-state index contributed by atoms with van der Waals surface area (Å²) in [5.41, 5.74) is 5.07. The van der Waals surface area contributed by atoms with E-state index in [-0.39, 0.29) is 23.7 Å². The number of Topliss-reactive ketones (excluding diaryl/α,β-unsaturated/α-hetero) is 1. The summed E-state index contributed by atoms with van der Waals surface area (Å²) in [6.45, 7) is 4.21. The molecule has 0 atom stereocenters. The normalized spacial score (nSPS) is 11.1. The fourth-order valence-electron chi connectivity index (χ4n) is 3.73. The predicted molar refractivity (Wildman–Crippen MR) is 113 cm³/mol. The van der Waals surface area contributed by atoms with Gasteiger partial charge < -0.3 is 14.2 Å². The summed E-state index contributed by atoms with van der Waals surface area (Å²) in [6.07, 6.45) is 0. The topological polar surface area (TPSA) is 71.0 Å². The number of carbonyl (C=O) groups is 1. The zero-order chi connectivity index (χ0) is 20.5. The van der Waals surface area contributed by atoms with Gasteiger partial charge in [-0.25, -0.2) is 0 Å². The van der Waals surface area contributed by atoms with Crippen LogP contribution in [0.3, 0.4) is 0 Å². The van der Waals surface area contributed by atoms with E-state index in [9.17, 15) is 9.90 Å². The lowest BCUT2D eigenvalue weighted by atomic mass is 10.0. The lowest BCUT2D eigenvalue weighted by Gasteiger charge is -2.09. The maximum atomic E-state index is 13.0. The molecule has 146 valence electrons. The molecule has 5 nitrogen and oxygen atoms in total. The molecule has 0 saturated heterocycles. The van der Waals surface area contributed by atoms with Crippen LogP contribution in [0.25, 0.3) is 11.0 Å². The van der Waals surface area contributed by atoms with E-state index in [1.165, 1.54) is 0 Å². The molecule has 0 fully saturated rings. The van der Waals surface area contributed by atoms with Crippen LogP contribution in [-0.4, -0.2) is 20.0 Å². The maximum absolute atomic E-state index is 13.0. The van der Waals surface area contributed by atoms with Crippen molar-refractivity contribution >= 4 is 16.8 Å². The number of fused-ring (bicyclic) bond motifs is 1. The van der Waals surface area contributed by atoms with Gasteiger partial charge >= 0.3 is 0 Å². The third-order valence-electron chi connectivity index (χ3n) is 5.27. The van der Waals surface area contributed by atoms with Gasteiger partial charge in [0, 0.05) is 5.56 Å². The van der Waals surface area contributed by atoms with Crippen LogP contribution in [0.5, 0.6) is 5.75 Å². The van der Waals surface area contributed by atoms with E-state index in [1.807, 2.05) is 59.2 Å². The number of carbonyl (C=O) groups excluding carboxylic acids is 1. The highest BCUT2D eigenvalue weighted by Gasteiger charge is 2.16. The zero-order valence-corrected chi connectivity index (χ0v) is 16.5. The van der Waals surface area contributed by atoms with Crippen LogP contribution in [0.1, 0.15) is 27.0 Å². The Morgan fingerprint density at radius 3 is 2.07 bits per heavy atom. The highest BCUT2D eigenvalue weighted by Crippen LogP contribution is 2.23. The summed E-state index contributed by atoms with van der Waals surface area (Å²) in [5, 5.41) is 18.7. The van der Waals surface area contributed by atoms with Crippen LogP contribution in [0.15, 0.2) is 66.7 Å². The molecule has 0 unspecified atom stereocenters. The van der Waals surface area contributed by atoms with Crippen molar-refractivity contribution in [3.63, 3.8) is 0 Å². The number of aromatic nitrogens is 2. The van der Waals surface area contributed by atoms with E-state index in [4.69, 9.17) is 5.41 Å². The highest BCUT2D eigenvalue weighted by atomic mass is 16.3. The number of phenolic OH excluding ortho intramolecular Hbond substituents is 1. The van der Waals surface area contributed by atoms with Crippen molar-refractivity contribution in [3.8, 4) is 5.75 Å². The van der Waals surface area contributed by atoms with Crippen LogP contribution in [0.4, 0.5) is 0 Å². The van der Waals surface area contributed by atoms with Crippen molar-refractivity contribution in [2.24, 2.45) is 0 Å². The summed E-state index contributed by atoms with van der Waals surface area (Å²) in [6, 6.07) is 21.2. The standard InChI is InChI=1S/C24H23N3O2/c1-16-12-19(13-17(2)23(16)29)22(28)15-27-21-11-7-6-10-20(21)26(24(27)25)14-18-8-4-3-5-9-18/h3-13,25,29H,14-15H2,1-2H3. The number of aromatic hydroxyl groups is 1. The van der Waals surface area contributed by atoms with Crippen molar-refractivity contribution in [2.45, 2.75) is 26.9 Å². The number of rotatable bonds is 5. The van der Waals surface area contributed by atoms with Crippen LogP contribution in [0.2, 0.25) is 0 Å². The molecule has 3 aromatic carbocycles. The van der Waals surface area contributed by atoms with Gasteiger partial charge in [-0.1, -0.05) is 42.5 Å². The van der Waals surface area contributed by atoms with Gasteiger partial charge in [0.2, 0.25) is 5.62 Å². The molecule has 0 bridgehead atoms. The van der Waals surface area contributed by atoms with E-state index in [2.05, 4.69) is 0 Å². The molecule has 0 aliphatic heterocycles. The number of hydrogen-bond donors (Lipinski definition) is 2. The molecule has 0 aliphatic carbocycles.